The van der Waals surface area contributed by atoms with E-state index >= 15 is 0 Å². The average Bonchev–Trinajstić information content (AvgIpc) is 2.78. The first-order valence-electron chi connectivity index (χ1n) is 10.6. The Hall–Kier alpha value is -1.28. The van der Waals surface area contributed by atoms with E-state index in [1.54, 1.807) is 0 Å². The maximum Gasteiger partial charge on any atom is 0.302 e. The molecular formula is C22H32O7. The van der Waals surface area contributed by atoms with Crippen LogP contribution in [0.15, 0.2) is 12.2 Å². The smallest absolute Gasteiger partial charge is 0.302 e. The Bertz CT molecular complexity index is 749. The highest BCUT2D eigenvalue weighted by atomic mass is 16.5. The highest BCUT2D eigenvalue weighted by Gasteiger charge is 2.76. The molecule has 0 aromatic rings. The summed E-state index contributed by atoms with van der Waals surface area (Å²) in [7, 11) is 0. The number of carbonyl (C=O) groups excluding carboxylic acids is 2. The summed E-state index contributed by atoms with van der Waals surface area (Å²) in [6.07, 6.45) is -0.873. The molecule has 162 valence electrons. The molecule has 4 rings (SSSR count). The van der Waals surface area contributed by atoms with Gasteiger partial charge in [0.25, 0.3) is 0 Å². The number of aliphatic hydroxyl groups excluding tert-OH is 4. The maximum atomic E-state index is 13.3. The molecule has 29 heavy (non-hydrogen) atoms. The third-order valence-corrected chi connectivity index (χ3v) is 8.98. The van der Waals surface area contributed by atoms with Gasteiger partial charge in [-0.15, -0.1) is 0 Å². The molecule has 7 nitrogen and oxygen atoms in total. The minimum atomic E-state index is -1.43. The molecule has 4 aliphatic carbocycles. The Morgan fingerprint density at radius 2 is 1.86 bits per heavy atom. The summed E-state index contributed by atoms with van der Waals surface area (Å²) in [5, 5.41) is 44.3. The molecule has 4 aliphatic rings. The molecule has 9 unspecified atom stereocenters. The number of ketones is 1. The van der Waals surface area contributed by atoms with E-state index in [-0.39, 0.29) is 37.3 Å². The van der Waals surface area contributed by atoms with Crippen molar-refractivity contribution < 1.29 is 34.8 Å². The lowest BCUT2D eigenvalue weighted by Crippen LogP contribution is -2.72. The van der Waals surface area contributed by atoms with Crippen molar-refractivity contribution in [1.82, 2.24) is 0 Å². The first-order valence-corrected chi connectivity index (χ1v) is 10.6. The van der Waals surface area contributed by atoms with Gasteiger partial charge in [-0.05, 0) is 49.5 Å². The van der Waals surface area contributed by atoms with Crippen LogP contribution in [-0.4, -0.2) is 63.7 Å². The highest BCUT2D eigenvalue weighted by Crippen LogP contribution is 2.71. The summed E-state index contributed by atoms with van der Waals surface area (Å²) in [6.45, 7) is 6.96. The SMILES string of the molecule is C=C1C(=O)C23C(O)CC4C(C)(COC(C)=O)CCC(O)C4(CO)C2CCC1C3O. The molecule has 0 heterocycles. The zero-order valence-electron chi connectivity index (χ0n) is 17.1. The van der Waals surface area contributed by atoms with Crippen LogP contribution in [0.4, 0.5) is 0 Å². The summed E-state index contributed by atoms with van der Waals surface area (Å²) in [5.41, 5.74) is -2.70. The lowest BCUT2D eigenvalue weighted by Gasteiger charge is -2.67. The maximum absolute atomic E-state index is 13.3. The van der Waals surface area contributed by atoms with Crippen LogP contribution in [0.5, 0.6) is 0 Å². The third-order valence-electron chi connectivity index (χ3n) is 8.98. The number of fused-ring (bicyclic) bond motifs is 3. The molecule has 0 aliphatic heterocycles. The quantitative estimate of drug-likeness (QED) is 0.398. The molecule has 0 saturated heterocycles. The molecule has 0 aromatic heterocycles. The van der Waals surface area contributed by atoms with Gasteiger partial charge in [-0.1, -0.05) is 13.5 Å². The molecule has 4 fully saturated rings. The van der Waals surface area contributed by atoms with Crippen molar-refractivity contribution in [2.45, 2.75) is 64.3 Å². The number of aliphatic hydroxyl groups is 4. The van der Waals surface area contributed by atoms with E-state index in [1.807, 2.05) is 6.92 Å². The van der Waals surface area contributed by atoms with Crippen LogP contribution in [-0.2, 0) is 14.3 Å². The summed E-state index contributed by atoms with van der Waals surface area (Å²) in [5.74, 6) is -2.04. The number of hydrogen-bond donors (Lipinski definition) is 4. The van der Waals surface area contributed by atoms with Crippen molar-refractivity contribution in [1.29, 1.82) is 0 Å². The van der Waals surface area contributed by atoms with Gasteiger partial charge in [0.15, 0.2) is 5.78 Å². The van der Waals surface area contributed by atoms with E-state index in [9.17, 15) is 30.0 Å². The van der Waals surface area contributed by atoms with E-state index in [2.05, 4.69) is 6.58 Å². The summed E-state index contributed by atoms with van der Waals surface area (Å²) in [4.78, 5) is 24.8. The first-order chi connectivity index (χ1) is 13.6. The molecule has 0 amide bonds. The van der Waals surface area contributed by atoms with Gasteiger partial charge >= 0.3 is 5.97 Å². The topological polar surface area (TPSA) is 124 Å². The molecule has 0 radical (unpaired) electrons. The van der Waals surface area contributed by atoms with Crippen molar-refractivity contribution in [3.05, 3.63) is 12.2 Å². The van der Waals surface area contributed by atoms with Crippen LogP contribution in [0, 0.1) is 34.0 Å². The third kappa shape index (κ3) is 2.39. The fourth-order valence-corrected chi connectivity index (χ4v) is 7.63. The highest BCUT2D eigenvalue weighted by molar-refractivity contribution is 6.04. The Labute approximate surface area is 170 Å². The van der Waals surface area contributed by atoms with Gasteiger partial charge in [0, 0.05) is 23.7 Å². The van der Waals surface area contributed by atoms with Gasteiger partial charge in [-0.2, -0.15) is 0 Å². The Kier molecular flexibility index (Phi) is 4.78. The molecule has 2 bridgehead atoms. The van der Waals surface area contributed by atoms with Crippen LogP contribution in [0.1, 0.15) is 46.0 Å². The van der Waals surface area contributed by atoms with Crippen LogP contribution in [0.25, 0.3) is 0 Å². The van der Waals surface area contributed by atoms with E-state index in [1.165, 1.54) is 6.92 Å². The second-order valence-electron chi connectivity index (χ2n) is 10.0. The van der Waals surface area contributed by atoms with Gasteiger partial charge in [0.05, 0.1) is 36.9 Å². The van der Waals surface area contributed by atoms with E-state index in [4.69, 9.17) is 4.74 Å². The number of esters is 1. The second kappa shape index (κ2) is 6.61. The minimum Gasteiger partial charge on any atom is -0.465 e. The van der Waals surface area contributed by atoms with Crippen LogP contribution < -0.4 is 0 Å². The molecule has 9 atom stereocenters. The molecular weight excluding hydrogens is 376 g/mol. The molecule has 4 N–H and O–H groups in total. The molecule has 7 heteroatoms. The molecule has 4 saturated carbocycles. The summed E-state index contributed by atoms with van der Waals surface area (Å²) < 4.78 is 5.33. The second-order valence-corrected chi connectivity index (χ2v) is 10.0. The zero-order valence-corrected chi connectivity index (χ0v) is 17.1. The van der Waals surface area contributed by atoms with Crippen molar-refractivity contribution in [3.63, 3.8) is 0 Å². The van der Waals surface area contributed by atoms with Crippen LogP contribution in [0.3, 0.4) is 0 Å². The van der Waals surface area contributed by atoms with Crippen molar-refractivity contribution in [3.8, 4) is 0 Å². The van der Waals surface area contributed by atoms with E-state index in [0.717, 1.165) is 0 Å². The lowest BCUT2D eigenvalue weighted by atomic mass is 9.38. The van der Waals surface area contributed by atoms with Crippen LogP contribution >= 0.6 is 0 Å². The van der Waals surface area contributed by atoms with Gasteiger partial charge in [0.1, 0.15) is 0 Å². The standard InChI is InChI=1S/C22H32O7/c1-11-13-4-5-14-21(9-23)15(8-17(26)22(14,18(11)27)19(13)28)20(3,7-6-16(21)25)10-29-12(2)24/h13-17,19,23,25-26,28H,1,4-10H2,2-3H3. The summed E-state index contributed by atoms with van der Waals surface area (Å²) >= 11 is 0. The van der Waals surface area contributed by atoms with Crippen LogP contribution in [0.2, 0.25) is 0 Å². The number of ether oxygens (including phenoxy) is 1. The van der Waals surface area contributed by atoms with Gasteiger partial charge in [-0.25, -0.2) is 0 Å². The fraction of sp³-hybridized carbons (Fsp3) is 0.818. The normalized spacial score (nSPS) is 51.4. The Morgan fingerprint density at radius 3 is 2.48 bits per heavy atom. The number of rotatable bonds is 3. The summed E-state index contributed by atoms with van der Waals surface area (Å²) in [6, 6.07) is 0. The van der Waals surface area contributed by atoms with Crippen molar-refractivity contribution >= 4 is 11.8 Å². The largest absolute Gasteiger partial charge is 0.465 e. The first kappa shape index (κ1) is 21.0. The van der Waals surface area contributed by atoms with Gasteiger partial charge < -0.3 is 25.2 Å². The monoisotopic (exact) mass is 408 g/mol. The van der Waals surface area contributed by atoms with Gasteiger partial charge in [0.2, 0.25) is 0 Å². The number of carbonyl (C=O) groups is 2. The van der Waals surface area contributed by atoms with Crippen molar-refractivity contribution in [2.24, 2.45) is 34.0 Å². The Balaban J connectivity index is 1.85. The lowest BCUT2D eigenvalue weighted by molar-refractivity contribution is -0.272. The number of Topliss-reactive ketones (excluding diaryl/α,β-unsaturated/α-hetero) is 1. The van der Waals surface area contributed by atoms with E-state index < -0.39 is 46.4 Å². The van der Waals surface area contributed by atoms with Gasteiger partial charge in [-0.3, -0.25) is 9.59 Å². The fourth-order valence-electron chi connectivity index (χ4n) is 7.63. The molecule has 1 spiro atoms. The average molecular weight is 408 g/mol. The van der Waals surface area contributed by atoms with Crippen molar-refractivity contribution in [2.75, 3.05) is 13.2 Å². The Morgan fingerprint density at radius 1 is 1.17 bits per heavy atom. The zero-order chi connectivity index (χ0) is 21.4. The number of hydrogen-bond acceptors (Lipinski definition) is 7. The predicted molar refractivity (Wildman–Crippen MR) is 102 cm³/mol. The minimum absolute atomic E-state index is 0.125. The van der Waals surface area contributed by atoms with E-state index in [0.29, 0.717) is 31.3 Å². The molecule has 0 aromatic carbocycles. The predicted octanol–water partition coefficient (Wildman–Crippen LogP) is 0.582.